The van der Waals surface area contributed by atoms with Gasteiger partial charge in [0, 0.05) is 16.4 Å². The molecule has 0 spiro atoms. The molecule has 2 aromatic carbocycles. The number of benzene rings is 2. The molecule has 0 saturated heterocycles. The highest BCUT2D eigenvalue weighted by Crippen LogP contribution is 2.75. The molecule has 5 aliphatic rings. The molecule has 0 aliphatic heterocycles. The fourth-order valence-corrected chi connectivity index (χ4v) is 12.8. The molecule has 47 heavy (non-hydrogen) atoms. The van der Waals surface area contributed by atoms with Crippen LogP contribution in [0.15, 0.2) is 66.2 Å². The number of nitrogens with zero attached hydrogens (tertiary/aromatic N) is 1. The lowest BCUT2D eigenvalue weighted by Crippen LogP contribution is -2.65. The number of fused-ring (bicyclic) bond motifs is 9. The number of aliphatic carboxylic acids is 1. The highest BCUT2D eigenvalue weighted by Gasteiger charge is 2.69. The predicted octanol–water partition coefficient (Wildman–Crippen LogP) is 10.8. The summed E-state index contributed by atoms with van der Waals surface area (Å²) in [5, 5.41) is 11.9. The van der Waals surface area contributed by atoms with E-state index < -0.39 is 11.4 Å². The Kier molecular flexibility index (Phi) is 6.75. The summed E-state index contributed by atoms with van der Waals surface area (Å²) < 4.78 is 6.88. The number of para-hydroxylation sites is 2. The van der Waals surface area contributed by atoms with Gasteiger partial charge in [-0.1, -0.05) is 90.4 Å². The molecule has 0 bridgehead atoms. The third-order valence-electron chi connectivity index (χ3n) is 15.6. The Bertz CT molecular complexity index is 1790. The lowest BCUT2D eigenvalue weighted by Gasteiger charge is -2.70. The minimum Gasteiger partial charge on any atom is -0.481 e. The largest absolute Gasteiger partial charge is 0.481 e. The van der Waals surface area contributed by atoms with Crippen molar-refractivity contribution in [1.29, 1.82) is 0 Å². The Morgan fingerprint density at radius 2 is 1.60 bits per heavy atom. The van der Waals surface area contributed by atoms with E-state index in [4.69, 9.17) is 9.72 Å². The molecule has 0 unspecified atom stereocenters. The first-order chi connectivity index (χ1) is 22.3. The summed E-state index contributed by atoms with van der Waals surface area (Å²) >= 11 is 0. The van der Waals surface area contributed by atoms with Gasteiger partial charge in [-0.3, -0.25) is 9.78 Å². The van der Waals surface area contributed by atoms with Crippen LogP contribution in [0.2, 0.25) is 0 Å². The second-order valence-electron chi connectivity index (χ2n) is 17.7. The molecular formula is C43H53NO3. The topological polar surface area (TPSA) is 59.4 Å². The van der Waals surface area contributed by atoms with Crippen LogP contribution < -0.4 is 4.74 Å². The van der Waals surface area contributed by atoms with Crippen molar-refractivity contribution in [3.05, 3.63) is 77.5 Å². The molecule has 3 saturated carbocycles. The molecule has 1 heterocycles. The van der Waals surface area contributed by atoms with Gasteiger partial charge in [0.25, 0.3) is 0 Å². The Morgan fingerprint density at radius 1 is 0.872 bits per heavy atom. The first kappa shape index (κ1) is 31.1. The minimum atomic E-state index is -0.607. The molecule has 4 heteroatoms. The maximum Gasteiger partial charge on any atom is 0.310 e. The van der Waals surface area contributed by atoms with Crippen molar-refractivity contribution in [2.75, 3.05) is 0 Å². The van der Waals surface area contributed by atoms with Gasteiger partial charge in [0.15, 0.2) is 0 Å². The van der Waals surface area contributed by atoms with Gasteiger partial charge in [0.2, 0.25) is 0 Å². The number of carbonyl (C=O) groups is 1. The average molecular weight is 632 g/mol. The van der Waals surface area contributed by atoms with Crippen LogP contribution in [0.25, 0.3) is 10.9 Å². The van der Waals surface area contributed by atoms with Crippen LogP contribution >= 0.6 is 0 Å². The molecule has 0 radical (unpaired) electrons. The number of rotatable bonds is 3. The van der Waals surface area contributed by atoms with E-state index in [1.54, 1.807) is 0 Å². The number of carboxylic acid groups (broad SMARTS) is 1. The molecule has 1 N–H and O–H groups in total. The third-order valence-corrected chi connectivity index (χ3v) is 15.6. The van der Waals surface area contributed by atoms with Crippen molar-refractivity contribution in [3.63, 3.8) is 0 Å². The van der Waals surface area contributed by atoms with Gasteiger partial charge >= 0.3 is 5.97 Å². The molecule has 0 amide bonds. The quantitative estimate of drug-likeness (QED) is 0.292. The summed E-state index contributed by atoms with van der Waals surface area (Å²) in [4.78, 5) is 18.6. The van der Waals surface area contributed by atoms with Gasteiger partial charge in [0.05, 0.1) is 16.6 Å². The Morgan fingerprint density at radius 3 is 2.34 bits per heavy atom. The molecular weight excluding hydrogens is 578 g/mol. The van der Waals surface area contributed by atoms with E-state index in [0.717, 1.165) is 60.9 Å². The molecule has 3 fully saturated rings. The Hall–Kier alpha value is -3.14. The van der Waals surface area contributed by atoms with Crippen LogP contribution in [-0.4, -0.2) is 16.1 Å². The van der Waals surface area contributed by atoms with E-state index in [9.17, 15) is 9.90 Å². The summed E-state index contributed by atoms with van der Waals surface area (Å²) in [6.45, 7) is 17.4. The van der Waals surface area contributed by atoms with Gasteiger partial charge in [-0.25, -0.2) is 0 Å². The average Bonchev–Trinajstić information content (AvgIpc) is 3.04. The summed E-state index contributed by atoms with van der Waals surface area (Å²) in [5.74, 6) is 3.34. The SMILES string of the molecule is C[C@H]1[C@H](C)CC[C@]2(C(=O)O)CC[C@]3(C)C(=CC[C@@H]4[C@@]5(C)Cc6c(nc7ccccc7c6Oc6ccccc6)C(C)(C)[C@@H]5CC[C@]43C)[C@H]12. The van der Waals surface area contributed by atoms with Gasteiger partial charge in [-0.05, 0) is 121 Å². The van der Waals surface area contributed by atoms with Crippen molar-refractivity contribution in [2.24, 2.45) is 51.2 Å². The highest BCUT2D eigenvalue weighted by molar-refractivity contribution is 5.87. The number of aromatic nitrogens is 1. The van der Waals surface area contributed by atoms with Crippen LogP contribution in [0.4, 0.5) is 0 Å². The van der Waals surface area contributed by atoms with Gasteiger partial charge in [-0.2, -0.15) is 0 Å². The third kappa shape index (κ3) is 3.99. The molecule has 9 atom stereocenters. The maximum atomic E-state index is 13.1. The maximum absolute atomic E-state index is 13.1. The van der Waals surface area contributed by atoms with E-state index in [-0.39, 0.29) is 27.6 Å². The van der Waals surface area contributed by atoms with Gasteiger partial charge < -0.3 is 9.84 Å². The van der Waals surface area contributed by atoms with Crippen molar-refractivity contribution in [3.8, 4) is 11.5 Å². The molecule has 3 aromatic rings. The lowest BCUT2D eigenvalue weighted by atomic mass is 9.33. The smallest absolute Gasteiger partial charge is 0.310 e. The zero-order valence-electron chi connectivity index (χ0n) is 29.5. The fourth-order valence-electron chi connectivity index (χ4n) is 12.8. The second kappa shape index (κ2) is 10.2. The molecule has 1 aromatic heterocycles. The summed E-state index contributed by atoms with van der Waals surface area (Å²) in [6.07, 6.45) is 10.6. The summed E-state index contributed by atoms with van der Waals surface area (Å²) in [7, 11) is 0. The van der Waals surface area contributed by atoms with Gasteiger partial charge in [-0.15, -0.1) is 0 Å². The predicted molar refractivity (Wildman–Crippen MR) is 189 cm³/mol. The van der Waals surface area contributed by atoms with Crippen molar-refractivity contribution in [2.45, 2.75) is 105 Å². The summed E-state index contributed by atoms with van der Waals surface area (Å²) in [5.41, 5.74) is 4.40. The van der Waals surface area contributed by atoms with Crippen LogP contribution in [0.1, 0.15) is 105 Å². The van der Waals surface area contributed by atoms with Crippen molar-refractivity contribution >= 4 is 16.9 Å². The van der Waals surface area contributed by atoms with Crippen LogP contribution in [-0.2, 0) is 16.6 Å². The number of carboxylic acids is 1. The number of pyridine rings is 1. The molecule has 8 rings (SSSR count). The Labute approximate surface area is 281 Å². The first-order valence-corrected chi connectivity index (χ1v) is 18.4. The molecule has 4 nitrogen and oxygen atoms in total. The Balaban J connectivity index is 1.28. The standard InChI is InChI=1S/C43H53NO3/c1-26-19-22-43(38(45)46)24-23-41(6)31(35(43)27(26)2)17-18-34-40(5)25-30-36(47-28-13-9-8-10-14-28)29-15-11-12-16-32(29)44-37(30)39(3,4)33(40)20-21-42(34,41)7/h8-17,26-27,33-35H,18-25H2,1-7H3,(H,45,46)/t26-,27+,33+,34-,35+,40+,41-,42-,43+/m1/s1. The van der Waals surface area contributed by atoms with Crippen molar-refractivity contribution in [1.82, 2.24) is 4.98 Å². The van der Waals surface area contributed by atoms with E-state index >= 15 is 0 Å². The zero-order valence-corrected chi connectivity index (χ0v) is 29.5. The highest BCUT2D eigenvalue weighted by atomic mass is 16.5. The molecule has 248 valence electrons. The summed E-state index contributed by atoms with van der Waals surface area (Å²) in [6, 6.07) is 18.7. The minimum absolute atomic E-state index is 0.00570. The van der Waals surface area contributed by atoms with Crippen LogP contribution in [0.3, 0.4) is 0 Å². The van der Waals surface area contributed by atoms with Crippen LogP contribution in [0, 0.1) is 51.2 Å². The fraction of sp³-hybridized carbons (Fsp3) is 0.581. The monoisotopic (exact) mass is 631 g/mol. The normalized spacial score (nSPS) is 40.1. The second-order valence-corrected chi connectivity index (χ2v) is 17.7. The first-order valence-electron chi connectivity index (χ1n) is 18.4. The van der Waals surface area contributed by atoms with Crippen LogP contribution in [0.5, 0.6) is 11.5 Å². The van der Waals surface area contributed by atoms with Gasteiger partial charge in [0.1, 0.15) is 11.5 Å². The van der Waals surface area contributed by atoms with Crippen molar-refractivity contribution < 1.29 is 14.6 Å². The number of allylic oxidation sites excluding steroid dienone is 2. The molecule has 5 aliphatic carbocycles. The lowest BCUT2D eigenvalue weighted by molar-refractivity contribution is -0.179. The van der Waals surface area contributed by atoms with E-state index in [1.165, 1.54) is 29.7 Å². The number of ether oxygens (including phenoxy) is 1. The number of hydrogen-bond donors (Lipinski definition) is 1. The number of hydrogen-bond acceptors (Lipinski definition) is 3. The zero-order chi connectivity index (χ0) is 33.1. The van der Waals surface area contributed by atoms with E-state index in [2.05, 4.69) is 90.9 Å². The van der Waals surface area contributed by atoms with E-state index in [0.29, 0.717) is 23.7 Å². The van der Waals surface area contributed by atoms with E-state index in [1.807, 2.05) is 18.2 Å².